The molecule has 0 bridgehead atoms. The molecule has 2 aromatic heterocycles. The molecule has 1 amide bonds. The Labute approximate surface area is 141 Å². The number of fused-ring (bicyclic) bond motifs is 1. The fraction of sp³-hybridized carbons (Fsp3) is 0.267. The monoisotopic (exact) mass is 345 g/mol. The fourth-order valence-corrected chi connectivity index (χ4v) is 2.85. The summed E-state index contributed by atoms with van der Waals surface area (Å²) in [6.45, 7) is 3.96. The minimum Gasteiger partial charge on any atom is -0.465 e. The highest BCUT2D eigenvalue weighted by Crippen LogP contribution is 2.20. The molecule has 0 aliphatic carbocycles. The summed E-state index contributed by atoms with van der Waals surface area (Å²) in [5.74, 6) is 0.0106. The van der Waals surface area contributed by atoms with Crippen molar-refractivity contribution in [2.75, 3.05) is 12.4 Å². The topological polar surface area (TPSA) is 98.5 Å². The van der Waals surface area contributed by atoms with Crippen LogP contribution in [0.25, 0.3) is 4.96 Å². The molecule has 0 spiro atoms. The number of esters is 1. The molecule has 0 saturated carbocycles. The van der Waals surface area contributed by atoms with Gasteiger partial charge in [-0.15, -0.1) is 15.3 Å². The first kappa shape index (κ1) is 16.1. The molecule has 8 nitrogen and oxygen atoms in total. The minimum absolute atomic E-state index is 0.148. The van der Waals surface area contributed by atoms with Gasteiger partial charge in [0.2, 0.25) is 9.97 Å². The molecule has 0 atom stereocenters. The average molecular weight is 345 g/mol. The Morgan fingerprint density at radius 3 is 2.79 bits per heavy atom. The lowest BCUT2D eigenvalue weighted by molar-refractivity contribution is 0.0600. The summed E-state index contributed by atoms with van der Waals surface area (Å²) in [7, 11) is 1.30. The highest BCUT2D eigenvalue weighted by Gasteiger charge is 2.18. The van der Waals surface area contributed by atoms with E-state index in [0.29, 0.717) is 22.0 Å². The van der Waals surface area contributed by atoms with Crippen molar-refractivity contribution in [3.63, 3.8) is 0 Å². The normalized spacial score (nSPS) is 11.0. The molecule has 3 rings (SSSR count). The lowest BCUT2D eigenvalue weighted by atomic mass is 10.2. The summed E-state index contributed by atoms with van der Waals surface area (Å²) >= 11 is 1.15. The number of methoxy groups -OCH3 is 1. The predicted molar refractivity (Wildman–Crippen MR) is 88.5 cm³/mol. The Balaban J connectivity index is 1.84. The summed E-state index contributed by atoms with van der Waals surface area (Å²) < 4.78 is 6.24. The molecular weight excluding hydrogens is 330 g/mol. The SMILES string of the molecule is COC(=O)c1cccc(NC(=O)c2nn3c(C(C)C)nnc3s2)c1. The van der Waals surface area contributed by atoms with Crippen LogP contribution in [-0.4, -0.2) is 38.8 Å². The molecule has 0 radical (unpaired) electrons. The number of aromatic nitrogens is 4. The lowest BCUT2D eigenvalue weighted by Crippen LogP contribution is -2.13. The maximum absolute atomic E-state index is 12.4. The maximum atomic E-state index is 12.4. The Kier molecular flexibility index (Phi) is 4.26. The number of anilines is 1. The summed E-state index contributed by atoms with van der Waals surface area (Å²) in [5.41, 5.74) is 0.841. The zero-order chi connectivity index (χ0) is 17.3. The van der Waals surface area contributed by atoms with Gasteiger partial charge in [0, 0.05) is 11.6 Å². The van der Waals surface area contributed by atoms with Gasteiger partial charge >= 0.3 is 5.97 Å². The quantitative estimate of drug-likeness (QED) is 0.729. The highest BCUT2D eigenvalue weighted by atomic mass is 32.1. The summed E-state index contributed by atoms with van der Waals surface area (Å²) in [6.07, 6.45) is 0. The van der Waals surface area contributed by atoms with Crippen molar-refractivity contribution >= 4 is 33.9 Å². The molecule has 24 heavy (non-hydrogen) atoms. The van der Waals surface area contributed by atoms with E-state index in [-0.39, 0.29) is 16.8 Å². The second-order valence-corrected chi connectivity index (χ2v) is 6.30. The van der Waals surface area contributed by atoms with Crippen molar-refractivity contribution in [2.45, 2.75) is 19.8 Å². The third-order valence-corrected chi connectivity index (χ3v) is 4.16. The van der Waals surface area contributed by atoms with Crippen LogP contribution in [0.4, 0.5) is 5.69 Å². The number of hydrogen-bond acceptors (Lipinski definition) is 7. The van der Waals surface area contributed by atoms with E-state index < -0.39 is 5.97 Å². The van der Waals surface area contributed by atoms with Gasteiger partial charge < -0.3 is 10.1 Å². The fourth-order valence-electron chi connectivity index (χ4n) is 2.11. The van der Waals surface area contributed by atoms with Crippen LogP contribution < -0.4 is 5.32 Å². The second kappa shape index (κ2) is 6.36. The van der Waals surface area contributed by atoms with Gasteiger partial charge in [-0.1, -0.05) is 31.3 Å². The molecule has 0 saturated heterocycles. The molecule has 1 aromatic carbocycles. The molecule has 0 aliphatic rings. The molecule has 0 aliphatic heterocycles. The molecule has 3 aromatic rings. The number of benzene rings is 1. The van der Waals surface area contributed by atoms with Crippen LogP contribution >= 0.6 is 11.3 Å². The predicted octanol–water partition coefficient (Wildman–Crippen LogP) is 2.35. The maximum Gasteiger partial charge on any atom is 0.337 e. The third-order valence-electron chi connectivity index (χ3n) is 3.27. The van der Waals surface area contributed by atoms with Crippen molar-refractivity contribution in [3.05, 3.63) is 40.7 Å². The molecule has 2 heterocycles. The van der Waals surface area contributed by atoms with Gasteiger partial charge in [0.05, 0.1) is 12.7 Å². The minimum atomic E-state index is -0.466. The Hall–Kier alpha value is -2.81. The molecular formula is C15H15N5O3S. The number of nitrogens with one attached hydrogen (secondary N) is 1. The van der Waals surface area contributed by atoms with Crippen LogP contribution in [0.1, 0.15) is 45.7 Å². The zero-order valence-electron chi connectivity index (χ0n) is 13.3. The van der Waals surface area contributed by atoms with E-state index in [1.54, 1.807) is 28.8 Å². The van der Waals surface area contributed by atoms with Crippen molar-refractivity contribution in [1.82, 2.24) is 19.8 Å². The van der Waals surface area contributed by atoms with Crippen molar-refractivity contribution < 1.29 is 14.3 Å². The standard InChI is InChI=1S/C15H15N5O3S/c1-8(2)11-17-18-15-20(11)19-13(24-15)12(21)16-10-6-4-5-9(7-10)14(22)23-3/h4-8H,1-3H3,(H,16,21). The van der Waals surface area contributed by atoms with E-state index in [4.69, 9.17) is 0 Å². The van der Waals surface area contributed by atoms with Gasteiger partial charge in [-0.05, 0) is 18.2 Å². The van der Waals surface area contributed by atoms with Crippen LogP contribution in [0.5, 0.6) is 0 Å². The first-order valence-corrected chi connectivity index (χ1v) is 8.03. The lowest BCUT2D eigenvalue weighted by Gasteiger charge is -2.05. The van der Waals surface area contributed by atoms with Gasteiger partial charge in [0.1, 0.15) is 0 Å². The highest BCUT2D eigenvalue weighted by molar-refractivity contribution is 7.18. The van der Waals surface area contributed by atoms with Crippen LogP contribution in [0.15, 0.2) is 24.3 Å². The smallest absolute Gasteiger partial charge is 0.337 e. The third kappa shape index (κ3) is 2.98. The molecule has 9 heteroatoms. The van der Waals surface area contributed by atoms with E-state index >= 15 is 0 Å². The zero-order valence-corrected chi connectivity index (χ0v) is 14.1. The van der Waals surface area contributed by atoms with Crippen molar-refractivity contribution in [2.24, 2.45) is 0 Å². The number of nitrogens with zero attached hydrogens (tertiary/aromatic N) is 4. The molecule has 1 N–H and O–H groups in total. The van der Waals surface area contributed by atoms with Gasteiger partial charge in [-0.25, -0.2) is 4.79 Å². The first-order chi connectivity index (χ1) is 11.5. The number of hydrogen-bond donors (Lipinski definition) is 1. The van der Waals surface area contributed by atoms with Crippen molar-refractivity contribution in [3.8, 4) is 0 Å². The Bertz CT molecular complexity index is 915. The number of ether oxygens (including phenoxy) is 1. The van der Waals surface area contributed by atoms with Gasteiger partial charge in [-0.3, -0.25) is 4.79 Å². The van der Waals surface area contributed by atoms with E-state index in [2.05, 4.69) is 25.3 Å². The Morgan fingerprint density at radius 1 is 1.29 bits per heavy atom. The van der Waals surface area contributed by atoms with E-state index in [9.17, 15) is 9.59 Å². The van der Waals surface area contributed by atoms with Gasteiger partial charge in [0.15, 0.2) is 5.82 Å². The Morgan fingerprint density at radius 2 is 2.08 bits per heavy atom. The summed E-state index contributed by atoms with van der Waals surface area (Å²) in [4.78, 5) is 24.5. The average Bonchev–Trinajstić information content (AvgIpc) is 3.14. The molecule has 0 fully saturated rings. The van der Waals surface area contributed by atoms with Crippen molar-refractivity contribution in [1.29, 1.82) is 0 Å². The van der Waals surface area contributed by atoms with Crippen LogP contribution in [0.3, 0.4) is 0 Å². The molecule has 124 valence electrons. The molecule has 0 unspecified atom stereocenters. The largest absolute Gasteiger partial charge is 0.465 e. The van der Waals surface area contributed by atoms with Crippen LogP contribution in [0, 0.1) is 0 Å². The van der Waals surface area contributed by atoms with Gasteiger partial charge in [0.25, 0.3) is 5.91 Å². The first-order valence-electron chi connectivity index (χ1n) is 7.21. The van der Waals surface area contributed by atoms with Crippen LogP contribution in [0.2, 0.25) is 0 Å². The number of amides is 1. The van der Waals surface area contributed by atoms with E-state index in [0.717, 1.165) is 11.3 Å². The van der Waals surface area contributed by atoms with E-state index in [1.807, 2.05) is 13.8 Å². The van der Waals surface area contributed by atoms with Crippen LogP contribution in [-0.2, 0) is 4.74 Å². The summed E-state index contributed by atoms with van der Waals surface area (Å²) in [5, 5.41) is 15.3. The number of carbonyl (C=O) groups is 2. The van der Waals surface area contributed by atoms with Gasteiger partial charge in [-0.2, -0.15) is 4.52 Å². The summed E-state index contributed by atoms with van der Waals surface area (Å²) in [6, 6.07) is 6.50. The number of carbonyl (C=O) groups excluding carboxylic acids is 2. The second-order valence-electron chi connectivity index (χ2n) is 5.34. The van der Waals surface area contributed by atoms with E-state index in [1.165, 1.54) is 7.11 Å². The number of rotatable bonds is 4.